The summed E-state index contributed by atoms with van der Waals surface area (Å²) in [5, 5.41) is 1.18. The summed E-state index contributed by atoms with van der Waals surface area (Å²) in [6, 6.07) is 8.16. The van der Waals surface area contributed by atoms with Crippen molar-refractivity contribution in [3.05, 3.63) is 30.5 Å². The van der Waals surface area contributed by atoms with E-state index in [4.69, 9.17) is 9.47 Å². The fourth-order valence-electron chi connectivity index (χ4n) is 2.10. The molecule has 2 rings (SSSR count). The molecule has 1 aromatic heterocycles. The quantitative estimate of drug-likeness (QED) is 0.593. The number of unbranched alkanes of at least 4 members (excludes halogenated alkanes) is 1. The van der Waals surface area contributed by atoms with Crippen LogP contribution in [0.5, 0.6) is 5.75 Å². The molecule has 102 valence electrons. The molecule has 0 N–H and O–H groups in total. The third-order valence-corrected chi connectivity index (χ3v) is 3.08. The Morgan fingerprint density at radius 1 is 1.26 bits per heavy atom. The van der Waals surface area contributed by atoms with E-state index in [-0.39, 0.29) is 5.97 Å². The van der Waals surface area contributed by atoms with Gasteiger partial charge in [-0.1, -0.05) is 0 Å². The van der Waals surface area contributed by atoms with E-state index in [1.807, 2.05) is 12.1 Å². The van der Waals surface area contributed by atoms with Crippen LogP contribution in [0.2, 0.25) is 0 Å². The maximum atomic E-state index is 10.6. The summed E-state index contributed by atoms with van der Waals surface area (Å²) in [5.41, 5.74) is 1.20. The molecule has 2 aromatic rings. The molecule has 0 aliphatic heterocycles. The number of hydrogen-bond acceptors (Lipinski definition) is 3. The molecule has 0 aliphatic carbocycles. The largest absolute Gasteiger partial charge is 0.497 e. The van der Waals surface area contributed by atoms with Gasteiger partial charge < -0.3 is 14.0 Å². The van der Waals surface area contributed by atoms with Crippen LogP contribution in [0.15, 0.2) is 30.5 Å². The van der Waals surface area contributed by atoms with Crippen molar-refractivity contribution in [1.82, 2.24) is 4.57 Å². The van der Waals surface area contributed by atoms with E-state index in [0.29, 0.717) is 6.61 Å². The first-order valence-electron chi connectivity index (χ1n) is 6.47. The number of carbonyl (C=O) groups is 1. The molecule has 0 bridgehead atoms. The van der Waals surface area contributed by atoms with Crippen molar-refractivity contribution in [3.63, 3.8) is 0 Å². The van der Waals surface area contributed by atoms with Crippen LogP contribution in [-0.2, 0) is 16.1 Å². The minimum Gasteiger partial charge on any atom is -0.497 e. The first kappa shape index (κ1) is 13.5. The van der Waals surface area contributed by atoms with Gasteiger partial charge in [0.1, 0.15) is 5.75 Å². The van der Waals surface area contributed by atoms with E-state index in [1.165, 1.54) is 17.8 Å². The lowest BCUT2D eigenvalue weighted by Crippen LogP contribution is -2.02. The highest BCUT2D eigenvalue weighted by molar-refractivity contribution is 5.81. The van der Waals surface area contributed by atoms with Gasteiger partial charge in [0.05, 0.1) is 13.7 Å². The third kappa shape index (κ3) is 3.50. The lowest BCUT2D eigenvalue weighted by Gasteiger charge is -2.06. The fraction of sp³-hybridized carbons (Fsp3) is 0.400. The van der Waals surface area contributed by atoms with Crippen LogP contribution in [0.3, 0.4) is 0 Å². The molecular formula is C15H19NO3. The van der Waals surface area contributed by atoms with Crippen LogP contribution in [0, 0.1) is 0 Å². The zero-order chi connectivity index (χ0) is 13.7. The van der Waals surface area contributed by atoms with Crippen LogP contribution in [0.4, 0.5) is 0 Å². The van der Waals surface area contributed by atoms with Crippen LogP contribution in [-0.4, -0.2) is 24.3 Å². The molecule has 0 saturated heterocycles. The maximum absolute atomic E-state index is 10.6. The van der Waals surface area contributed by atoms with Gasteiger partial charge in [0.2, 0.25) is 0 Å². The summed E-state index contributed by atoms with van der Waals surface area (Å²) in [5.74, 6) is 0.665. The molecule has 0 radical (unpaired) electrons. The highest BCUT2D eigenvalue weighted by Crippen LogP contribution is 2.22. The molecule has 19 heavy (non-hydrogen) atoms. The molecule has 0 unspecified atom stereocenters. The third-order valence-electron chi connectivity index (χ3n) is 3.08. The summed E-state index contributed by atoms with van der Waals surface area (Å²) in [6.07, 6.45) is 3.95. The van der Waals surface area contributed by atoms with Crippen molar-refractivity contribution >= 4 is 16.9 Å². The molecule has 0 atom stereocenters. The van der Waals surface area contributed by atoms with Gasteiger partial charge in [0.25, 0.3) is 0 Å². The van der Waals surface area contributed by atoms with E-state index in [0.717, 1.165) is 25.1 Å². The standard InChI is InChI=1S/C15H19NO3/c1-12(17)19-10-4-3-8-16-9-7-13-11-14(18-2)5-6-15(13)16/h5-7,9,11H,3-4,8,10H2,1-2H3. The summed E-state index contributed by atoms with van der Waals surface area (Å²) < 4.78 is 12.3. The van der Waals surface area contributed by atoms with Crippen LogP contribution < -0.4 is 4.74 Å². The zero-order valence-corrected chi connectivity index (χ0v) is 11.4. The number of carbonyl (C=O) groups excluding carboxylic acids is 1. The highest BCUT2D eigenvalue weighted by atomic mass is 16.5. The Kier molecular flexibility index (Phi) is 4.44. The molecule has 0 saturated carbocycles. The van der Waals surface area contributed by atoms with Crippen molar-refractivity contribution in [2.45, 2.75) is 26.3 Å². The van der Waals surface area contributed by atoms with Crippen molar-refractivity contribution in [3.8, 4) is 5.75 Å². The molecule has 1 heterocycles. The van der Waals surface area contributed by atoms with Crippen molar-refractivity contribution in [1.29, 1.82) is 0 Å². The van der Waals surface area contributed by atoms with Crippen molar-refractivity contribution < 1.29 is 14.3 Å². The minimum absolute atomic E-state index is 0.210. The zero-order valence-electron chi connectivity index (χ0n) is 11.4. The first-order valence-corrected chi connectivity index (χ1v) is 6.47. The average molecular weight is 261 g/mol. The fourth-order valence-corrected chi connectivity index (χ4v) is 2.10. The molecule has 0 amide bonds. The van der Waals surface area contributed by atoms with E-state index in [9.17, 15) is 4.79 Å². The van der Waals surface area contributed by atoms with E-state index in [2.05, 4.69) is 22.9 Å². The number of hydrogen-bond donors (Lipinski definition) is 0. The monoisotopic (exact) mass is 261 g/mol. The van der Waals surface area contributed by atoms with Gasteiger partial charge in [0.15, 0.2) is 0 Å². The SMILES string of the molecule is COc1ccc2c(ccn2CCCCOC(C)=O)c1. The Hall–Kier alpha value is -1.97. The summed E-state index contributed by atoms with van der Waals surface area (Å²) in [6.45, 7) is 2.87. The lowest BCUT2D eigenvalue weighted by atomic mass is 10.2. The summed E-state index contributed by atoms with van der Waals surface area (Å²) >= 11 is 0. The number of rotatable bonds is 6. The Balaban J connectivity index is 1.92. The minimum atomic E-state index is -0.210. The lowest BCUT2D eigenvalue weighted by molar-refractivity contribution is -0.141. The van der Waals surface area contributed by atoms with Gasteiger partial charge in [-0.15, -0.1) is 0 Å². The Bertz CT molecular complexity index is 560. The molecule has 0 spiro atoms. The highest BCUT2D eigenvalue weighted by Gasteiger charge is 2.02. The molecule has 4 nitrogen and oxygen atoms in total. The predicted molar refractivity (Wildman–Crippen MR) is 74.4 cm³/mol. The Labute approximate surface area is 112 Å². The summed E-state index contributed by atoms with van der Waals surface area (Å²) in [7, 11) is 1.67. The van der Waals surface area contributed by atoms with Gasteiger partial charge in [-0.2, -0.15) is 0 Å². The van der Waals surface area contributed by atoms with Gasteiger partial charge in [-0.3, -0.25) is 4.79 Å². The van der Waals surface area contributed by atoms with Gasteiger partial charge in [-0.25, -0.2) is 0 Å². The second-order valence-electron chi connectivity index (χ2n) is 4.48. The normalized spacial score (nSPS) is 10.6. The maximum Gasteiger partial charge on any atom is 0.302 e. The second-order valence-corrected chi connectivity index (χ2v) is 4.48. The number of fused-ring (bicyclic) bond motifs is 1. The van der Waals surface area contributed by atoms with Crippen molar-refractivity contribution in [2.24, 2.45) is 0 Å². The number of aromatic nitrogens is 1. The smallest absolute Gasteiger partial charge is 0.302 e. The van der Waals surface area contributed by atoms with Crippen LogP contribution in [0.25, 0.3) is 10.9 Å². The van der Waals surface area contributed by atoms with Crippen LogP contribution in [0.1, 0.15) is 19.8 Å². The summed E-state index contributed by atoms with van der Waals surface area (Å²) in [4.78, 5) is 10.6. The molecule has 1 aromatic carbocycles. The predicted octanol–water partition coefficient (Wildman–Crippen LogP) is 2.99. The molecule has 0 aliphatic rings. The second kappa shape index (κ2) is 6.27. The number of esters is 1. The number of methoxy groups -OCH3 is 1. The van der Waals surface area contributed by atoms with E-state index < -0.39 is 0 Å². The van der Waals surface area contributed by atoms with Crippen LogP contribution >= 0.6 is 0 Å². The van der Waals surface area contributed by atoms with Crippen molar-refractivity contribution in [2.75, 3.05) is 13.7 Å². The van der Waals surface area contributed by atoms with Gasteiger partial charge >= 0.3 is 5.97 Å². The number of aryl methyl sites for hydroxylation is 1. The average Bonchev–Trinajstić information content (AvgIpc) is 2.80. The first-order chi connectivity index (χ1) is 9.20. The Morgan fingerprint density at radius 3 is 2.84 bits per heavy atom. The molecule has 4 heteroatoms. The van der Waals surface area contributed by atoms with E-state index in [1.54, 1.807) is 7.11 Å². The van der Waals surface area contributed by atoms with Gasteiger partial charge in [0, 0.05) is 30.6 Å². The van der Waals surface area contributed by atoms with E-state index >= 15 is 0 Å². The number of ether oxygens (including phenoxy) is 2. The van der Waals surface area contributed by atoms with Gasteiger partial charge in [-0.05, 0) is 37.1 Å². The molecular weight excluding hydrogens is 242 g/mol. The topological polar surface area (TPSA) is 40.5 Å². The number of nitrogens with zero attached hydrogens (tertiary/aromatic N) is 1. The Morgan fingerprint density at radius 2 is 2.11 bits per heavy atom. The molecule has 0 fully saturated rings. The number of benzene rings is 1.